The molecule has 0 atom stereocenters. The minimum absolute atomic E-state index is 0.208. The van der Waals surface area contributed by atoms with Crippen LogP contribution in [-0.4, -0.2) is 41.8 Å². The van der Waals surface area contributed by atoms with Gasteiger partial charge in [0.15, 0.2) is 11.5 Å². The Hall–Kier alpha value is -1.26. The molecule has 21 heavy (non-hydrogen) atoms. The number of piperidine rings is 1. The first kappa shape index (κ1) is 16.1. The Morgan fingerprint density at radius 2 is 1.95 bits per heavy atom. The highest BCUT2D eigenvalue weighted by atomic mass is 16.5. The zero-order valence-electron chi connectivity index (χ0n) is 13.6. The maximum Gasteiger partial charge on any atom is 0.160 e. The molecule has 1 saturated heterocycles. The molecule has 118 valence electrons. The first-order valence-electron chi connectivity index (χ1n) is 7.74. The second-order valence-electron chi connectivity index (χ2n) is 6.82. The number of likely N-dealkylation sites (tertiary alicyclic amines) is 1. The van der Waals surface area contributed by atoms with Gasteiger partial charge in [-0.25, -0.2) is 0 Å². The summed E-state index contributed by atoms with van der Waals surface area (Å²) in [4.78, 5) is 2.55. The summed E-state index contributed by atoms with van der Waals surface area (Å²) in [5, 5.41) is 13.4. The van der Waals surface area contributed by atoms with Crippen LogP contribution in [0, 0.1) is 0 Å². The molecule has 0 saturated carbocycles. The van der Waals surface area contributed by atoms with E-state index in [0.29, 0.717) is 11.8 Å². The van der Waals surface area contributed by atoms with Crippen molar-refractivity contribution in [2.75, 3.05) is 20.2 Å². The maximum absolute atomic E-state index is 9.79. The number of phenols is 1. The lowest BCUT2D eigenvalue weighted by molar-refractivity contribution is 0.0960. The van der Waals surface area contributed by atoms with Gasteiger partial charge in [0.25, 0.3) is 0 Å². The van der Waals surface area contributed by atoms with E-state index in [1.165, 1.54) is 12.8 Å². The second kappa shape index (κ2) is 6.67. The molecule has 2 rings (SSSR count). The largest absolute Gasteiger partial charge is 0.504 e. The van der Waals surface area contributed by atoms with Crippen molar-refractivity contribution in [1.29, 1.82) is 0 Å². The van der Waals surface area contributed by atoms with E-state index in [0.717, 1.165) is 25.2 Å². The molecule has 1 aromatic rings. The highest BCUT2D eigenvalue weighted by molar-refractivity contribution is 5.41. The van der Waals surface area contributed by atoms with E-state index in [-0.39, 0.29) is 11.3 Å². The molecular weight excluding hydrogens is 264 g/mol. The van der Waals surface area contributed by atoms with Crippen LogP contribution in [0.25, 0.3) is 0 Å². The van der Waals surface area contributed by atoms with Crippen LogP contribution < -0.4 is 10.1 Å². The van der Waals surface area contributed by atoms with E-state index >= 15 is 0 Å². The quantitative estimate of drug-likeness (QED) is 0.895. The van der Waals surface area contributed by atoms with Gasteiger partial charge in [0, 0.05) is 31.2 Å². The molecule has 0 unspecified atom stereocenters. The third kappa shape index (κ3) is 4.35. The lowest BCUT2D eigenvalue weighted by atomic mass is 9.98. The lowest BCUT2D eigenvalue weighted by Gasteiger charge is -2.41. The molecule has 0 bridgehead atoms. The number of aromatic hydroxyl groups is 1. The Balaban J connectivity index is 1.81. The molecule has 0 radical (unpaired) electrons. The predicted octanol–water partition coefficient (Wildman–Crippen LogP) is 2.75. The summed E-state index contributed by atoms with van der Waals surface area (Å²) in [6.07, 6.45) is 2.36. The number of nitrogens with one attached hydrogen (secondary N) is 1. The molecule has 0 aromatic heterocycles. The van der Waals surface area contributed by atoms with Crippen molar-refractivity contribution in [2.24, 2.45) is 0 Å². The number of nitrogens with zero attached hydrogens (tertiary/aromatic N) is 1. The van der Waals surface area contributed by atoms with E-state index in [1.54, 1.807) is 13.2 Å². The Bertz CT molecular complexity index is 460. The molecule has 1 fully saturated rings. The number of methoxy groups -OCH3 is 1. The molecule has 4 nitrogen and oxygen atoms in total. The Labute approximate surface area is 128 Å². The van der Waals surface area contributed by atoms with E-state index in [4.69, 9.17) is 4.74 Å². The Kier molecular flexibility index (Phi) is 5.12. The van der Waals surface area contributed by atoms with Crippen LogP contribution in [0.15, 0.2) is 18.2 Å². The third-order valence-electron chi connectivity index (χ3n) is 4.28. The standard InChI is InChI=1S/C17H28N2O2/c1-17(2,3)19-9-7-14(8-10-19)18-12-13-5-6-16(21-4)15(20)11-13/h5-6,11,14,18,20H,7-10,12H2,1-4H3. The number of rotatable bonds is 4. The molecule has 1 aliphatic rings. The summed E-state index contributed by atoms with van der Waals surface area (Å²) in [5.41, 5.74) is 1.36. The SMILES string of the molecule is COc1ccc(CNC2CCN(C(C)(C)C)CC2)cc1O. The van der Waals surface area contributed by atoms with Crippen molar-refractivity contribution >= 4 is 0 Å². The lowest BCUT2D eigenvalue weighted by Crippen LogP contribution is -2.49. The van der Waals surface area contributed by atoms with Crippen molar-refractivity contribution < 1.29 is 9.84 Å². The minimum Gasteiger partial charge on any atom is -0.504 e. The van der Waals surface area contributed by atoms with Crippen molar-refractivity contribution in [3.8, 4) is 11.5 Å². The van der Waals surface area contributed by atoms with Gasteiger partial charge in [-0.3, -0.25) is 4.90 Å². The van der Waals surface area contributed by atoms with Gasteiger partial charge >= 0.3 is 0 Å². The smallest absolute Gasteiger partial charge is 0.160 e. The van der Waals surface area contributed by atoms with Crippen LogP contribution in [0.2, 0.25) is 0 Å². The zero-order chi connectivity index (χ0) is 15.5. The van der Waals surface area contributed by atoms with Crippen molar-refractivity contribution in [1.82, 2.24) is 10.2 Å². The number of hydrogen-bond donors (Lipinski definition) is 2. The van der Waals surface area contributed by atoms with Crippen molar-refractivity contribution in [3.05, 3.63) is 23.8 Å². The van der Waals surface area contributed by atoms with Gasteiger partial charge in [0.2, 0.25) is 0 Å². The molecule has 4 heteroatoms. The van der Waals surface area contributed by atoms with E-state index in [2.05, 4.69) is 31.0 Å². The molecule has 1 aliphatic heterocycles. The van der Waals surface area contributed by atoms with Crippen LogP contribution in [-0.2, 0) is 6.54 Å². The summed E-state index contributed by atoms with van der Waals surface area (Å²) < 4.78 is 5.06. The molecule has 1 heterocycles. The molecule has 0 amide bonds. The fourth-order valence-electron chi connectivity index (χ4n) is 2.86. The van der Waals surface area contributed by atoms with Crippen molar-refractivity contribution in [3.63, 3.8) is 0 Å². The topological polar surface area (TPSA) is 44.7 Å². The van der Waals surface area contributed by atoms with Gasteiger partial charge in [0.05, 0.1) is 7.11 Å². The monoisotopic (exact) mass is 292 g/mol. The average molecular weight is 292 g/mol. The average Bonchev–Trinajstić information content (AvgIpc) is 2.45. The molecule has 0 aliphatic carbocycles. The molecule has 2 N–H and O–H groups in total. The third-order valence-corrected chi connectivity index (χ3v) is 4.28. The molecule has 1 aromatic carbocycles. The first-order valence-corrected chi connectivity index (χ1v) is 7.74. The van der Waals surface area contributed by atoms with Gasteiger partial charge in [-0.05, 0) is 51.3 Å². The highest BCUT2D eigenvalue weighted by Crippen LogP contribution is 2.26. The fraction of sp³-hybridized carbons (Fsp3) is 0.647. The number of ether oxygens (including phenoxy) is 1. The van der Waals surface area contributed by atoms with Crippen LogP contribution in [0.3, 0.4) is 0 Å². The normalized spacial score (nSPS) is 17.9. The number of hydrogen-bond acceptors (Lipinski definition) is 4. The molecule has 0 spiro atoms. The fourth-order valence-corrected chi connectivity index (χ4v) is 2.86. The van der Waals surface area contributed by atoms with E-state index in [1.807, 2.05) is 12.1 Å². The summed E-state index contributed by atoms with van der Waals surface area (Å²) in [7, 11) is 1.57. The van der Waals surface area contributed by atoms with Crippen molar-refractivity contribution in [2.45, 2.75) is 51.7 Å². The van der Waals surface area contributed by atoms with E-state index < -0.39 is 0 Å². The summed E-state index contributed by atoms with van der Waals surface area (Å²) >= 11 is 0. The Morgan fingerprint density at radius 1 is 1.29 bits per heavy atom. The summed E-state index contributed by atoms with van der Waals surface area (Å²) in [5.74, 6) is 0.733. The van der Waals surface area contributed by atoms with Gasteiger partial charge in [-0.15, -0.1) is 0 Å². The number of benzene rings is 1. The predicted molar refractivity (Wildman–Crippen MR) is 85.8 cm³/mol. The van der Waals surface area contributed by atoms with Gasteiger partial charge in [0.1, 0.15) is 0 Å². The minimum atomic E-state index is 0.208. The first-order chi connectivity index (χ1) is 9.90. The van der Waals surface area contributed by atoms with Gasteiger partial charge in [-0.2, -0.15) is 0 Å². The second-order valence-corrected chi connectivity index (χ2v) is 6.82. The number of phenolic OH excluding ortho intramolecular Hbond substituents is 1. The van der Waals surface area contributed by atoms with Crippen LogP contribution >= 0.6 is 0 Å². The maximum atomic E-state index is 9.79. The van der Waals surface area contributed by atoms with E-state index in [9.17, 15) is 5.11 Å². The van der Waals surface area contributed by atoms with Crippen LogP contribution in [0.1, 0.15) is 39.2 Å². The highest BCUT2D eigenvalue weighted by Gasteiger charge is 2.26. The summed E-state index contributed by atoms with van der Waals surface area (Å²) in [6.45, 7) is 9.92. The zero-order valence-corrected chi connectivity index (χ0v) is 13.6. The van der Waals surface area contributed by atoms with Gasteiger partial charge in [-0.1, -0.05) is 6.07 Å². The van der Waals surface area contributed by atoms with Crippen LogP contribution in [0.4, 0.5) is 0 Å². The summed E-state index contributed by atoms with van der Waals surface area (Å²) in [6, 6.07) is 6.15. The van der Waals surface area contributed by atoms with Crippen LogP contribution in [0.5, 0.6) is 11.5 Å². The Morgan fingerprint density at radius 3 is 2.48 bits per heavy atom. The molecular formula is C17H28N2O2. The van der Waals surface area contributed by atoms with Gasteiger partial charge < -0.3 is 15.2 Å².